The molecule has 0 aromatic heterocycles. The summed E-state index contributed by atoms with van der Waals surface area (Å²) in [4.78, 5) is 11.1. The van der Waals surface area contributed by atoms with Crippen molar-refractivity contribution in [3.63, 3.8) is 0 Å². The van der Waals surface area contributed by atoms with Crippen molar-refractivity contribution in [2.45, 2.75) is 38.5 Å². The summed E-state index contributed by atoms with van der Waals surface area (Å²) in [6.45, 7) is 5.67. The zero-order valence-electron chi connectivity index (χ0n) is 13.1. The van der Waals surface area contributed by atoms with Gasteiger partial charge in [0, 0.05) is 11.1 Å². The van der Waals surface area contributed by atoms with Crippen molar-refractivity contribution in [1.29, 1.82) is 0 Å². The molecule has 0 fully saturated rings. The molecular weight excluding hydrogens is 313 g/mol. The molecule has 0 bridgehead atoms. The van der Waals surface area contributed by atoms with Gasteiger partial charge in [0.2, 0.25) is 6.10 Å². The predicted octanol–water partition coefficient (Wildman–Crippen LogP) is 3.78. The number of hydrogen-bond donors (Lipinski definition) is 1. The van der Waals surface area contributed by atoms with E-state index in [-0.39, 0.29) is 16.7 Å². The highest BCUT2D eigenvalue weighted by atomic mass is 19.4. The number of alkyl halides is 3. The molecule has 1 N–H and O–H groups in total. The molecule has 1 unspecified atom stereocenters. The van der Waals surface area contributed by atoms with Gasteiger partial charge in [-0.2, -0.15) is 13.2 Å². The van der Waals surface area contributed by atoms with E-state index in [1.807, 2.05) is 20.8 Å². The van der Waals surface area contributed by atoms with E-state index >= 15 is 0 Å². The summed E-state index contributed by atoms with van der Waals surface area (Å²) in [6.07, 6.45) is -6.33. The van der Waals surface area contributed by atoms with E-state index in [0.717, 1.165) is 6.08 Å². The molecule has 1 heterocycles. The summed E-state index contributed by atoms with van der Waals surface area (Å²) in [5, 5.41) is 9.03. The minimum atomic E-state index is -4.82. The third kappa shape index (κ3) is 3.28. The molecule has 0 saturated heterocycles. The molecule has 1 aromatic carbocycles. The highest BCUT2D eigenvalue weighted by Gasteiger charge is 2.48. The van der Waals surface area contributed by atoms with E-state index in [1.54, 1.807) is 0 Å². The van der Waals surface area contributed by atoms with E-state index in [2.05, 4.69) is 0 Å². The minimum absolute atomic E-state index is 0.0111. The van der Waals surface area contributed by atoms with Gasteiger partial charge in [-0.3, -0.25) is 0 Å². The predicted molar refractivity (Wildman–Crippen MR) is 77.8 cm³/mol. The number of carboxylic acid groups (broad SMARTS) is 1. The number of ether oxygens (including phenoxy) is 2. The first-order chi connectivity index (χ1) is 10.4. The van der Waals surface area contributed by atoms with E-state index < -0.39 is 23.8 Å². The van der Waals surface area contributed by atoms with Crippen molar-refractivity contribution in [3.05, 3.63) is 28.8 Å². The molecule has 0 aliphatic carbocycles. The first-order valence-corrected chi connectivity index (χ1v) is 6.86. The maximum absolute atomic E-state index is 13.1. The van der Waals surface area contributed by atoms with Crippen LogP contribution in [0.15, 0.2) is 17.7 Å². The quantitative estimate of drug-likeness (QED) is 0.896. The SMILES string of the molecule is COc1cc2c(cc1C(C)(C)C)OC(C(F)(F)F)C(C(=O)O)=C2. The van der Waals surface area contributed by atoms with E-state index in [1.165, 1.54) is 19.2 Å². The summed E-state index contributed by atoms with van der Waals surface area (Å²) < 4.78 is 49.5. The Bertz CT molecular complexity index is 669. The number of carboxylic acids is 1. The Balaban J connectivity index is 2.64. The van der Waals surface area contributed by atoms with E-state index in [0.29, 0.717) is 11.3 Å². The van der Waals surface area contributed by atoms with Crippen LogP contribution in [0.5, 0.6) is 11.5 Å². The van der Waals surface area contributed by atoms with Gasteiger partial charge < -0.3 is 14.6 Å². The molecule has 1 aliphatic rings. The molecule has 0 saturated carbocycles. The Morgan fingerprint density at radius 2 is 1.87 bits per heavy atom. The fourth-order valence-corrected chi connectivity index (χ4v) is 2.40. The lowest BCUT2D eigenvalue weighted by Gasteiger charge is -2.29. The number of rotatable bonds is 2. The number of benzene rings is 1. The molecule has 126 valence electrons. The van der Waals surface area contributed by atoms with Crippen molar-refractivity contribution >= 4 is 12.0 Å². The molecule has 0 amide bonds. The van der Waals surface area contributed by atoms with Crippen LogP contribution >= 0.6 is 0 Å². The lowest BCUT2D eigenvalue weighted by atomic mass is 9.85. The zero-order valence-corrected chi connectivity index (χ0v) is 13.1. The Hall–Kier alpha value is -2.18. The first kappa shape index (κ1) is 17.2. The number of methoxy groups -OCH3 is 1. The van der Waals surface area contributed by atoms with Crippen molar-refractivity contribution in [2.24, 2.45) is 0 Å². The Morgan fingerprint density at radius 3 is 2.30 bits per heavy atom. The summed E-state index contributed by atoms with van der Waals surface area (Å²) >= 11 is 0. The molecule has 4 nitrogen and oxygen atoms in total. The highest BCUT2D eigenvalue weighted by Crippen LogP contribution is 2.42. The second-order valence-corrected chi connectivity index (χ2v) is 6.28. The molecule has 1 aromatic rings. The van der Waals surface area contributed by atoms with Crippen LogP contribution in [0.3, 0.4) is 0 Å². The Morgan fingerprint density at radius 1 is 1.26 bits per heavy atom. The fourth-order valence-electron chi connectivity index (χ4n) is 2.40. The largest absolute Gasteiger partial charge is 0.496 e. The average Bonchev–Trinajstić information content (AvgIpc) is 2.42. The van der Waals surface area contributed by atoms with Crippen LogP contribution < -0.4 is 9.47 Å². The van der Waals surface area contributed by atoms with Gasteiger partial charge in [-0.25, -0.2) is 4.79 Å². The summed E-state index contributed by atoms with van der Waals surface area (Å²) in [6, 6.07) is 2.97. The minimum Gasteiger partial charge on any atom is -0.496 e. The maximum atomic E-state index is 13.1. The molecule has 0 spiro atoms. The normalized spacial score (nSPS) is 17.9. The number of aliphatic carboxylic acids is 1. The van der Waals surface area contributed by atoms with E-state index in [4.69, 9.17) is 14.6 Å². The van der Waals surface area contributed by atoms with Crippen molar-refractivity contribution in [3.8, 4) is 11.5 Å². The van der Waals surface area contributed by atoms with Gasteiger partial charge in [-0.1, -0.05) is 20.8 Å². The smallest absolute Gasteiger partial charge is 0.430 e. The zero-order chi connectivity index (χ0) is 17.6. The van der Waals surface area contributed by atoms with Crippen LogP contribution in [0.4, 0.5) is 13.2 Å². The third-order valence-electron chi connectivity index (χ3n) is 3.52. The molecule has 1 aliphatic heterocycles. The van der Waals surface area contributed by atoms with Crippen molar-refractivity contribution < 1.29 is 32.5 Å². The number of halogens is 3. The highest BCUT2D eigenvalue weighted by molar-refractivity contribution is 5.95. The van der Waals surface area contributed by atoms with Crippen LogP contribution in [-0.2, 0) is 10.2 Å². The molecule has 23 heavy (non-hydrogen) atoms. The maximum Gasteiger partial charge on any atom is 0.430 e. The summed E-state index contributed by atoms with van der Waals surface area (Å²) in [5.74, 6) is -1.22. The van der Waals surface area contributed by atoms with Gasteiger partial charge in [-0.15, -0.1) is 0 Å². The first-order valence-electron chi connectivity index (χ1n) is 6.86. The Kier molecular flexibility index (Phi) is 4.09. The molecule has 7 heteroatoms. The number of carbonyl (C=O) groups is 1. The molecule has 0 radical (unpaired) electrons. The van der Waals surface area contributed by atoms with Crippen LogP contribution in [-0.4, -0.2) is 30.5 Å². The van der Waals surface area contributed by atoms with Crippen LogP contribution in [0.2, 0.25) is 0 Å². The van der Waals surface area contributed by atoms with Gasteiger partial charge in [0.1, 0.15) is 11.5 Å². The summed E-state index contributed by atoms with van der Waals surface area (Å²) in [7, 11) is 1.45. The third-order valence-corrected chi connectivity index (χ3v) is 3.52. The molecule has 2 rings (SSSR count). The topological polar surface area (TPSA) is 55.8 Å². The van der Waals surface area contributed by atoms with Gasteiger partial charge in [0.05, 0.1) is 12.7 Å². The standard InChI is InChI=1S/C16H17F3O4/c1-15(2,3)10-7-11-8(6-12(10)22-4)5-9(14(20)21)13(23-11)16(17,18)19/h5-7,13H,1-4H3,(H,20,21). The van der Waals surface area contributed by atoms with Gasteiger partial charge >= 0.3 is 12.1 Å². The van der Waals surface area contributed by atoms with Gasteiger partial charge in [0.15, 0.2) is 0 Å². The van der Waals surface area contributed by atoms with E-state index in [9.17, 15) is 18.0 Å². The van der Waals surface area contributed by atoms with Crippen molar-refractivity contribution in [2.75, 3.05) is 7.11 Å². The van der Waals surface area contributed by atoms with Crippen LogP contribution in [0, 0.1) is 0 Å². The molecule has 1 atom stereocenters. The summed E-state index contributed by atoms with van der Waals surface area (Å²) in [5.41, 5.74) is -0.316. The van der Waals surface area contributed by atoms with Crippen LogP contribution in [0.25, 0.3) is 6.08 Å². The van der Waals surface area contributed by atoms with Gasteiger partial charge in [-0.05, 0) is 23.6 Å². The number of hydrogen-bond acceptors (Lipinski definition) is 3. The fraction of sp³-hybridized carbons (Fsp3) is 0.438. The lowest BCUT2D eigenvalue weighted by molar-refractivity contribution is -0.187. The van der Waals surface area contributed by atoms with Gasteiger partial charge in [0.25, 0.3) is 0 Å². The molecular formula is C16H17F3O4. The Labute approximate surface area is 131 Å². The lowest BCUT2D eigenvalue weighted by Crippen LogP contribution is -2.40. The number of fused-ring (bicyclic) bond motifs is 1. The second kappa shape index (κ2) is 5.47. The monoisotopic (exact) mass is 330 g/mol. The van der Waals surface area contributed by atoms with Crippen LogP contribution in [0.1, 0.15) is 31.9 Å². The van der Waals surface area contributed by atoms with Crippen molar-refractivity contribution in [1.82, 2.24) is 0 Å². The second-order valence-electron chi connectivity index (χ2n) is 6.28. The average molecular weight is 330 g/mol.